The van der Waals surface area contributed by atoms with Gasteiger partial charge in [-0.3, -0.25) is 9.63 Å². The minimum absolute atomic E-state index is 0.330. The molecule has 0 aliphatic carbocycles. The fourth-order valence-electron chi connectivity index (χ4n) is 0.836. The minimum atomic E-state index is -0.330. The van der Waals surface area contributed by atoms with Gasteiger partial charge in [-0.25, -0.2) is 10.5 Å². The highest BCUT2D eigenvalue weighted by Crippen LogP contribution is 2.07. The average Bonchev–Trinajstić information content (AvgIpc) is 2.18. The predicted octanol–water partition coefficient (Wildman–Crippen LogP) is 2.16. The Balaban J connectivity index is 2.43. The van der Waals surface area contributed by atoms with Gasteiger partial charge in [0, 0.05) is 10.7 Å². The predicted molar refractivity (Wildman–Crippen MR) is 60.2 cm³/mol. The second-order valence-corrected chi connectivity index (χ2v) is 4.41. The third-order valence-electron chi connectivity index (χ3n) is 1.54. The van der Waals surface area contributed by atoms with E-state index in [0.29, 0.717) is 18.2 Å². The molecule has 5 heteroatoms. The summed E-state index contributed by atoms with van der Waals surface area (Å²) in [4.78, 5) is 20.4. The van der Waals surface area contributed by atoms with Crippen LogP contribution in [0.25, 0.3) is 0 Å². The van der Waals surface area contributed by atoms with E-state index in [2.05, 4.69) is 26.4 Å². The molecule has 0 saturated heterocycles. The highest BCUT2D eigenvalue weighted by molar-refractivity contribution is 9.10. The Morgan fingerprint density at radius 1 is 1.60 bits per heavy atom. The lowest BCUT2D eigenvalue weighted by atomic mass is 10.2. The van der Waals surface area contributed by atoms with Crippen molar-refractivity contribution in [2.24, 2.45) is 5.92 Å². The second kappa shape index (κ2) is 5.82. The van der Waals surface area contributed by atoms with E-state index < -0.39 is 0 Å². The van der Waals surface area contributed by atoms with Crippen LogP contribution in [0.2, 0.25) is 0 Å². The summed E-state index contributed by atoms with van der Waals surface area (Å²) in [5.41, 5.74) is 2.67. The third kappa shape index (κ3) is 4.40. The number of hydroxylamine groups is 1. The van der Waals surface area contributed by atoms with Crippen LogP contribution >= 0.6 is 15.9 Å². The third-order valence-corrected chi connectivity index (χ3v) is 2.01. The lowest BCUT2D eigenvalue weighted by Crippen LogP contribution is -2.26. The maximum Gasteiger partial charge on any atom is 0.293 e. The maximum atomic E-state index is 11.4. The number of carbonyl (C=O) groups is 1. The zero-order valence-corrected chi connectivity index (χ0v) is 10.2. The molecule has 1 aromatic rings. The number of carbonyl (C=O) groups excluding carboxylic acids is 1. The molecule has 0 aliphatic heterocycles. The van der Waals surface area contributed by atoms with Crippen LogP contribution in [0.4, 0.5) is 0 Å². The van der Waals surface area contributed by atoms with Crippen LogP contribution in [0.1, 0.15) is 24.3 Å². The SMILES string of the molecule is CC(C)CONC(=O)c1ccc(Br)cn1. The van der Waals surface area contributed by atoms with Crippen molar-refractivity contribution in [1.82, 2.24) is 10.5 Å². The van der Waals surface area contributed by atoms with E-state index in [1.165, 1.54) is 0 Å². The summed E-state index contributed by atoms with van der Waals surface area (Å²) >= 11 is 3.24. The lowest BCUT2D eigenvalue weighted by Gasteiger charge is -2.07. The van der Waals surface area contributed by atoms with Crippen molar-refractivity contribution in [3.63, 3.8) is 0 Å². The summed E-state index contributed by atoms with van der Waals surface area (Å²) in [5.74, 6) is 0.0475. The van der Waals surface area contributed by atoms with Crippen molar-refractivity contribution in [3.8, 4) is 0 Å². The first-order chi connectivity index (χ1) is 7.09. The van der Waals surface area contributed by atoms with Crippen LogP contribution in [0, 0.1) is 5.92 Å². The van der Waals surface area contributed by atoms with Gasteiger partial charge in [-0.2, -0.15) is 0 Å². The molecule has 1 rings (SSSR count). The van der Waals surface area contributed by atoms with Gasteiger partial charge in [0.05, 0.1) is 6.61 Å². The summed E-state index contributed by atoms with van der Waals surface area (Å²) < 4.78 is 0.835. The van der Waals surface area contributed by atoms with Gasteiger partial charge in [0.15, 0.2) is 0 Å². The van der Waals surface area contributed by atoms with Crippen molar-refractivity contribution in [2.45, 2.75) is 13.8 Å². The van der Waals surface area contributed by atoms with Gasteiger partial charge in [-0.1, -0.05) is 13.8 Å². The largest absolute Gasteiger partial charge is 0.293 e. The number of aromatic nitrogens is 1. The number of nitrogens with zero attached hydrogens (tertiary/aromatic N) is 1. The first-order valence-electron chi connectivity index (χ1n) is 4.63. The molecule has 1 N–H and O–H groups in total. The average molecular weight is 273 g/mol. The second-order valence-electron chi connectivity index (χ2n) is 3.50. The number of hydrogen-bond acceptors (Lipinski definition) is 3. The van der Waals surface area contributed by atoms with Crippen LogP contribution < -0.4 is 5.48 Å². The van der Waals surface area contributed by atoms with Crippen LogP contribution in [0.3, 0.4) is 0 Å². The maximum absolute atomic E-state index is 11.4. The van der Waals surface area contributed by atoms with Gasteiger partial charge >= 0.3 is 0 Å². The molecule has 0 bridgehead atoms. The smallest absolute Gasteiger partial charge is 0.273 e. The molecular formula is C10H13BrN2O2. The Hall–Kier alpha value is -0.940. The van der Waals surface area contributed by atoms with Crippen molar-refractivity contribution < 1.29 is 9.63 Å². The number of nitrogens with one attached hydrogen (secondary N) is 1. The van der Waals surface area contributed by atoms with Crippen LogP contribution in [-0.4, -0.2) is 17.5 Å². The molecule has 0 radical (unpaired) electrons. The molecule has 1 aromatic heterocycles. The molecule has 0 spiro atoms. The van der Waals surface area contributed by atoms with Crippen molar-refractivity contribution in [2.75, 3.05) is 6.61 Å². The molecule has 1 heterocycles. The van der Waals surface area contributed by atoms with Crippen LogP contribution in [0.15, 0.2) is 22.8 Å². The Bertz CT molecular complexity index is 325. The Morgan fingerprint density at radius 2 is 2.33 bits per heavy atom. The normalized spacial score (nSPS) is 10.4. The van der Waals surface area contributed by atoms with Crippen molar-refractivity contribution in [1.29, 1.82) is 0 Å². The first-order valence-corrected chi connectivity index (χ1v) is 5.42. The summed E-state index contributed by atoms with van der Waals surface area (Å²) in [6, 6.07) is 3.38. The number of amides is 1. The highest BCUT2D eigenvalue weighted by Gasteiger charge is 2.06. The summed E-state index contributed by atoms with van der Waals surface area (Å²) in [7, 11) is 0. The standard InChI is InChI=1S/C10H13BrN2O2/c1-7(2)6-15-13-10(14)9-4-3-8(11)5-12-9/h3-5,7H,6H2,1-2H3,(H,13,14). The first kappa shape index (κ1) is 12.1. The number of rotatable bonds is 4. The molecule has 0 aliphatic rings. The summed E-state index contributed by atoms with van der Waals surface area (Å²) in [6.07, 6.45) is 1.57. The molecule has 1 amide bonds. The highest BCUT2D eigenvalue weighted by atomic mass is 79.9. The van der Waals surface area contributed by atoms with E-state index in [9.17, 15) is 4.79 Å². The fourth-order valence-corrected chi connectivity index (χ4v) is 1.07. The van der Waals surface area contributed by atoms with Gasteiger partial charge in [0.2, 0.25) is 0 Å². The molecule has 0 aromatic carbocycles. The molecule has 0 atom stereocenters. The Labute approximate surface area is 97.1 Å². The molecule has 15 heavy (non-hydrogen) atoms. The van der Waals surface area contributed by atoms with Gasteiger partial charge < -0.3 is 0 Å². The van der Waals surface area contributed by atoms with E-state index in [4.69, 9.17) is 4.84 Å². The Kier molecular flexibility index (Phi) is 4.71. The summed E-state index contributed by atoms with van der Waals surface area (Å²) in [6.45, 7) is 4.50. The van der Waals surface area contributed by atoms with Gasteiger partial charge in [0.25, 0.3) is 5.91 Å². The van der Waals surface area contributed by atoms with E-state index in [-0.39, 0.29) is 5.91 Å². The zero-order chi connectivity index (χ0) is 11.3. The van der Waals surface area contributed by atoms with Crippen LogP contribution in [0.5, 0.6) is 0 Å². The molecule has 0 saturated carbocycles. The number of pyridine rings is 1. The van der Waals surface area contributed by atoms with Gasteiger partial charge in [-0.15, -0.1) is 0 Å². The number of hydrogen-bond donors (Lipinski definition) is 1. The fraction of sp³-hybridized carbons (Fsp3) is 0.400. The topological polar surface area (TPSA) is 51.2 Å². The Morgan fingerprint density at radius 3 is 2.87 bits per heavy atom. The molecule has 4 nitrogen and oxygen atoms in total. The van der Waals surface area contributed by atoms with Gasteiger partial charge in [0.1, 0.15) is 5.69 Å². The zero-order valence-electron chi connectivity index (χ0n) is 8.66. The monoisotopic (exact) mass is 272 g/mol. The summed E-state index contributed by atoms with van der Waals surface area (Å²) in [5, 5.41) is 0. The van der Waals surface area contributed by atoms with Gasteiger partial charge in [-0.05, 0) is 34.0 Å². The molecular weight excluding hydrogens is 260 g/mol. The van der Waals surface area contributed by atoms with E-state index >= 15 is 0 Å². The van der Waals surface area contributed by atoms with E-state index in [1.54, 1.807) is 18.3 Å². The van der Waals surface area contributed by atoms with E-state index in [0.717, 1.165) is 4.47 Å². The minimum Gasteiger partial charge on any atom is -0.273 e. The van der Waals surface area contributed by atoms with Crippen LogP contribution in [-0.2, 0) is 4.84 Å². The number of halogens is 1. The molecule has 82 valence electrons. The van der Waals surface area contributed by atoms with Crippen molar-refractivity contribution in [3.05, 3.63) is 28.5 Å². The van der Waals surface area contributed by atoms with Crippen molar-refractivity contribution >= 4 is 21.8 Å². The quantitative estimate of drug-likeness (QED) is 0.855. The molecule has 0 unspecified atom stereocenters. The van der Waals surface area contributed by atoms with E-state index in [1.807, 2.05) is 13.8 Å². The lowest BCUT2D eigenvalue weighted by molar-refractivity contribution is 0.0205. The molecule has 0 fully saturated rings.